The second-order valence-electron chi connectivity index (χ2n) is 3.70. The van der Waals surface area contributed by atoms with Gasteiger partial charge in [0.05, 0.1) is 0 Å². The molecule has 0 fully saturated rings. The van der Waals surface area contributed by atoms with Gasteiger partial charge in [-0.1, -0.05) is 0 Å². The lowest BCUT2D eigenvalue weighted by Crippen LogP contribution is -2.19. The highest BCUT2D eigenvalue weighted by Crippen LogP contribution is 1.96. The summed E-state index contributed by atoms with van der Waals surface area (Å²) in [5.74, 6) is 1.06. The molecule has 4 heteroatoms. The number of aryl methyl sites for hydroxylation is 1. The van der Waals surface area contributed by atoms with Gasteiger partial charge in [-0.3, -0.25) is 4.98 Å². The van der Waals surface area contributed by atoms with E-state index in [-0.39, 0.29) is 0 Å². The number of imidazole rings is 1. The van der Waals surface area contributed by atoms with E-state index in [2.05, 4.69) is 19.9 Å². The molecule has 0 saturated heterocycles. The molecule has 0 amide bonds. The lowest BCUT2D eigenvalue weighted by atomic mass is 10.3. The molecule has 0 unspecified atom stereocenters. The summed E-state index contributed by atoms with van der Waals surface area (Å²) in [5, 5.41) is 3.39. The number of nitrogens with zero attached hydrogens (tertiary/aromatic N) is 3. The molecule has 0 bridgehead atoms. The predicted molar refractivity (Wildman–Crippen MR) is 62.9 cm³/mol. The Bertz CT molecular complexity index is 422. The van der Waals surface area contributed by atoms with Crippen LogP contribution in [-0.2, 0) is 13.1 Å². The molecule has 2 aromatic rings. The van der Waals surface area contributed by atoms with Crippen molar-refractivity contribution in [3.63, 3.8) is 0 Å². The maximum atomic E-state index is 4.18. The summed E-state index contributed by atoms with van der Waals surface area (Å²) in [7, 11) is 0. The molecule has 0 spiro atoms. The minimum Gasteiger partial charge on any atom is -0.334 e. The third kappa shape index (κ3) is 2.90. The fourth-order valence-electron chi connectivity index (χ4n) is 1.57. The van der Waals surface area contributed by atoms with Gasteiger partial charge in [-0.15, -0.1) is 0 Å². The molecular formula is C12H16N4. The topological polar surface area (TPSA) is 42.7 Å². The van der Waals surface area contributed by atoms with Crippen LogP contribution in [0.1, 0.15) is 11.4 Å². The Balaban J connectivity index is 1.72. The molecule has 0 aliphatic rings. The van der Waals surface area contributed by atoms with E-state index in [4.69, 9.17) is 0 Å². The third-order valence-corrected chi connectivity index (χ3v) is 2.53. The minimum atomic E-state index is 0.885. The Kier molecular flexibility index (Phi) is 3.66. The third-order valence-electron chi connectivity index (χ3n) is 2.53. The van der Waals surface area contributed by atoms with Crippen molar-refractivity contribution in [3.05, 3.63) is 48.3 Å². The lowest BCUT2D eigenvalue weighted by molar-refractivity contribution is 0.587. The Morgan fingerprint density at radius 1 is 1.25 bits per heavy atom. The average Bonchev–Trinajstić information content (AvgIpc) is 2.72. The van der Waals surface area contributed by atoms with Gasteiger partial charge >= 0.3 is 0 Å². The molecule has 0 aromatic carbocycles. The van der Waals surface area contributed by atoms with Crippen LogP contribution in [0, 0.1) is 6.92 Å². The first-order valence-electron chi connectivity index (χ1n) is 5.43. The van der Waals surface area contributed by atoms with E-state index in [9.17, 15) is 0 Å². The standard InChI is InChI=1S/C12H16N4/c1-11-15-7-9-16(11)8-6-14-10-12-2-4-13-5-3-12/h2-5,7,9,14H,6,8,10H2,1H3. The molecule has 84 valence electrons. The molecule has 0 atom stereocenters. The van der Waals surface area contributed by atoms with E-state index >= 15 is 0 Å². The second-order valence-corrected chi connectivity index (χ2v) is 3.70. The van der Waals surface area contributed by atoms with E-state index in [1.165, 1.54) is 5.56 Å². The van der Waals surface area contributed by atoms with Gasteiger partial charge in [-0.2, -0.15) is 0 Å². The van der Waals surface area contributed by atoms with Crippen molar-refractivity contribution < 1.29 is 0 Å². The van der Waals surface area contributed by atoms with E-state index in [1.54, 1.807) is 0 Å². The van der Waals surface area contributed by atoms with Gasteiger partial charge in [-0.25, -0.2) is 4.98 Å². The van der Waals surface area contributed by atoms with Crippen LogP contribution in [0.5, 0.6) is 0 Å². The van der Waals surface area contributed by atoms with Gasteiger partial charge in [0.1, 0.15) is 5.82 Å². The van der Waals surface area contributed by atoms with Crippen LogP contribution in [0.15, 0.2) is 36.9 Å². The van der Waals surface area contributed by atoms with Gasteiger partial charge < -0.3 is 9.88 Å². The van der Waals surface area contributed by atoms with Crippen molar-refractivity contribution in [1.82, 2.24) is 19.9 Å². The number of hydrogen-bond acceptors (Lipinski definition) is 3. The first kappa shape index (κ1) is 10.8. The van der Waals surface area contributed by atoms with Crippen LogP contribution in [0.25, 0.3) is 0 Å². The molecule has 0 radical (unpaired) electrons. The van der Waals surface area contributed by atoms with Gasteiger partial charge in [0.25, 0.3) is 0 Å². The highest BCUT2D eigenvalue weighted by molar-refractivity contribution is 5.08. The largest absolute Gasteiger partial charge is 0.334 e. The van der Waals surface area contributed by atoms with Gasteiger partial charge in [0.15, 0.2) is 0 Å². The molecule has 2 aromatic heterocycles. The second kappa shape index (κ2) is 5.42. The van der Waals surface area contributed by atoms with Crippen molar-refractivity contribution in [1.29, 1.82) is 0 Å². The minimum absolute atomic E-state index is 0.885. The van der Waals surface area contributed by atoms with E-state index < -0.39 is 0 Å². The van der Waals surface area contributed by atoms with Gasteiger partial charge in [-0.05, 0) is 24.6 Å². The smallest absolute Gasteiger partial charge is 0.105 e. The number of hydrogen-bond donors (Lipinski definition) is 1. The van der Waals surface area contributed by atoms with Gasteiger partial charge in [0, 0.05) is 44.4 Å². The molecule has 4 nitrogen and oxygen atoms in total. The molecule has 16 heavy (non-hydrogen) atoms. The fraction of sp³-hybridized carbons (Fsp3) is 0.333. The number of rotatable bonds is 5. The quantitative estimate of drug-likeness (QED) is 0.768. The van der Waals surface area contributed by atoms with E-state index in [0.29, 0.717) is 0 Å². The summed E-state index contributed by atoms with van der Waals surface area (Å²) in [4.78, 5) is 8.17. The molecule has 0 aliphatic carbocycles. The SMILES string of the molecule is Cc1nccn1CCNCc1ccncc1. The maximum Gasteiger partial charge on any atom is 0.105 e. The maximum absolute atomic E-state index is 4.18. The summed E-state index contributed by atoms with van der Waals surface area (Å²) in [6.07, 6.45) is 7.47. The first-order chi connectivity index (χ1) is 7.86. The van der Waals surface area contributed by atoms with Crippen LogP contribution < -0.4 is 5.32 Å². The molecule has 2 rings (SSSR count). The Morgan fingerprint density at radius 2 is 2.06 bits per heavy atom. The normalized spacial score (nSPS) is 10.6. The zero-order chi connectivity index (χ0) is 11.2. The molecule has 0 aliphatic heterocycles. The number of nitrogens with one attached hydrogen (secondary N) is 1. The molecule has 2 heterocycles. The number of pyridine rings is 1. The van der Waals surface area contributed by atoms with Crippen LogP contribution in [0.3, 0.4) is 0 Å². The highest BCUT2D eigenvalue weighted by atomic mass is 15.1. The van der Waals surface area contributed by atoms with E-state index in [1.807, 2.05) is 43.8 Å². The molecule has 0 saturated carbocycles. The van der Waals surface area contributed by atoms with Crippen molar-refractivity contribution in [3.8, 4) is 0 Å². The summed E-state index contributed by atoms with van der Waals surface area (Å²) in [6, 6.07) is 4.05. The van der Waals surface area contributed by atoms with Crippen LogP contribution in [0.4, 0.5) is 0 Å². The van der Waals surface area contributed by atoms with E-state index in [0.717, 1.165) is 25.5 Å². The summed E-state index contributed by atoms with van der Waals surface area (Å²) in [6.45, 7) is 4.80. The zero-order valence-electron chi connectivity index (χ0n) is 9.43. The van der Waals surface area contributed by atoms with Crippen LogP contribution >= 0.6 is 0 Å². The average molecular weight is 216 g/mol. The van der Waals surface area contributed by atoms with Crippen molar-refractivity contribution in [2.75, 3.05) is 6.54 Å². The van der Waals surface area contributed by atoms with Crippen molar-refractivity contribution in [2.24, 2.45) is 0 Å². The Morgan fingerprint density at radius 3 is 2.75 bits per heavy atom. The summed E-state index contributed by atoms with van der Waals surface area (Å²) in [5.41, 5.74) is 1.26. The molecular weight excluding hydrogens is 200 g/mol. The monoisotopic (exact) mass is 216 g/mol. The van der Waals surface area contributed by atoms with Crippen LogP contribution in [0.2, 0.25) is 0 Å². The van der Waals surface area contributed by atoms with Crippen molar-refractivity contribution in [2.45, 2.75) is 20.0 Å². The lowest BCUT2D eigenvalue weighted by Gasteiger charge is -2.06. The Hall–Kier alpha value is -1.68. The zero-order valence-corrected chi connectivity index (χ0v) is 9.43. The molecule has 1 N–H and O–H groups in total. The van der Waals surface area contributed by atoms with Gasteiger partial charge in [0.2, 0.25) is 0 Å². The highest BCUT2D eigenvalue weighted by Gasteiger charge is 1.95. The predicted octanol–water partition coefficient (Wildman–Crippen LogP) is 1.38. The number of aromatic nitrogens is 3. The summed E-state index contributed by atoms with van der Waals surface area (Å²) >= 11 is 0. The van der Waals surface area contributed by atoms with Crippen LogP contribution in [-0.4, -0.2) is 21.1 Å². The fourth-order valence-corrected chi connectivity index (χ4v) is 1.57. The van der Waals surface area contributed by atoms with Crippen molar-refractivity contribution >= 4 is 0 Å². The summed E-state index contributed by atoms with van der Waals surface area (Å²) < 4.78 is 2.14. The Labute approximate surface area is 95.4 Å². The first-order valence-corrected chi connectivity index (χ1v) is 5.43.